The predicted molar refractivity (Wildman–Crippen MR) is 149 cm³/mol. The summed E-state index contributed by atoms with van der Waals surface area (Å²) in [6.45, 7) is 3.84. The molecule has 0 bridgehead atoms. The van der Waals surface area contributed by atoms with Gasteiger partial charge in [-0.1, -0.05) is 23.2 Å². The van der Waals surface area contributed by atoms with E-state index in [1.165, 1.54) is 12.4 Å². The molecule has 2 aliphatic rings. The Morgan fingerprint density at radius 2 is 1.84 bits per heavy atom. The van der Waals surface area contributed by atoms with Gasteiger partial charge in [0.2, 0.25) is 0 Å². The Balaban J connectivity index is 1.23. The van der Waals surface area contributed by atoms with E-state index in [0.29, 0.717) is 43.6 Å². The van der Waals surface area contributed by atoms with E-state index >= 15 is 0 Å². The van der Waals surface area contributed by atoms with E-state index in [1.54, 1.807) is 30.7 Å². The Kier molecular flexibility index (Phi) is 7.40. The Bertz CT molecular complexity index is 1320. The molecule has 3 aromatic rings. The van der Waals surface area contributed by atoms with Crippen molar-refractivity contribution in [1.29, 1.82) is 5.41 Å². The fraction of sp³-hybridized carbons (Fsp3) is 0.346. The topological polar surface area (TPSA) is 108 Å². The predicted octanol–water partition coefficient (Wildman–Crippen LogP) is 4.56. The zero-order chi connectivity index (χ0) is 26.2. The summed E-state index contributed by atoms with van der Waals surface area (Å²) in [5, 5.41) is 9.61. The molecule has 0 radical (unpaired) electrons. The number of benzene rings is 1. The van der Waals surface area contributed by atoms with Crippen molar-refractivity contribution in [2.45, 2.75) is 19.4 Å². The van der Waals surface area contributed by atoms with E-state index in [9.17, 15) is 4.21 Å². The summed E-state index contributed by atoms with van der Waals surface area (Å²) in [6.07, 6.45) is 8.62. The zero-order valence-corrected chi connectivity index (χ0v) is 22.7. The van der Waals surface area contributed by atoms with E-state index in [-0.39, 0.29) is 12.3 Å². The molecule has 2 fully saturated rings. The molecule has 1 unspecified atom stereocenters. The van der Waals surface area contributed by atoms with Crippen LogP contribution in [-0.2, 0) is 17.6 Å². The maximum atomic E-state index is 11.7. The number of nitrogens with zero attached hydrogens (tertiary/aromatic N) is 4. The molecule has 1 aromatic carbocycles. The second-order valence-corrected chi connectivity index (χ2v) is 11.8. The van der Waals surface area contributed by atoms with E-state index < -0.39 is 11.0 Å². The summed E-state index contributed by atoms with van der Waals surface area (Å²) in [4.78, 5) is 10.9. The average Bonchev–Trinajstić information content (AvgIpc) is 2.87. The summed E-state index contributed by atoms with van der Waals surface area (Å²) in [5.41, 5.74) is 9.11. The maximum Gasteiger partial charge on any atom is 0.128 e. The van der Waals surface area contributed by atoms with Gasteiger partial charge in [0.1, 0.15) is 18.2 Å². The first-order chi connectivity index (χ1) is 17.7. The first kappa shape index (κ1) is 25.9. The second-order valence-electron chi connectivity index (χ2n) is 9.61. The second kappa shape index (κ2) is 10.6. The number of nitrogens with two attached hydrogens (primary N) is 1. The van der Waals surface area contributed by atoms with Gasteiger partial charge in [-0.15, -0.1) is 0 Å². The van der Waals surface area contributed by atoms with Crippen molar-refractivity contribution >= 4 is 51.4 Å². The van der Waals surface area contributed by atoms with Crippen LogP contribution < -0.4 is 15.4 Å². The normalized spacial score (nSPS) is 17.9. The Morgan fingerprint density at radius 3 is 2.46 bits per heavy atom. The molecule has 2 aliphatic heterocycles. The van der Waals surface area contributed by atoms with E-state index in [1.807, 2.05) is 16.4 Å². The quantitative estimate of drug-likeness (QED) is 0.325. The molecule has 37 heavy (non-hydrogen) atoms. The third-order valence-electron chi connectivity index (χ3n) is 7.19. The Hall–Kier alpha value is -2.72. The number of hydrogen-bond acceptors (Lipinski definition) is 7. The first-order valence-electron chi connectivity index (χ1n) is 11.9. The number of nitrogen functional groups attached to an aromatic ring is 1. The molecule has 1 atom stereocenters. The van der Waals surface area contributed by atoms with Crippen molar-refractivity contribution in [3.05, 3.63) is 75.7 Å². The minimum atomic E-state index is -0.889. The molecule has 8 nitrogen and oxygen atoms in total. The maximum absolute atomic E-state index is 11.7. The highest BCUT2D eigenvalue weighted by Gasteiger charge is 2.45. The van der Waals surface area contributed by atoms with E-state index in [0.717, 1.165) is 44.8 Å². The molecule has 4 heterocycles. The van der Waals surface area contributed by atoms with Gasteiger partial charge in [0.15, 0.2) is 0 Å². The van der Waals surface area contributed by atoms with Crippen LogP contribution in [0, 0.1) is 10.8 Å². The summed E-state index contributed by atoms with van der Waals surface area (Å²) in [5.74, 6) is 1.45. The van der Waals surface area contributed by atoms with Gasteiger partial charge >= 0.3 is 0 Å². The highest BCUT2D eigenvalue weighted by molar-refractivity contribution is 7.81. The monoisotopic (exact) mass is 558 g/mol. The van der Waals surface area contributed by atoms with Gasteiger partial charge in [0.25, 0.3) is 0 Å². The zero-order valence-electron chi connectivity index (χ0n) is 20.4. The fourth-order valence-electron chi connectivity index (χ4n) is 4.91. The molecule has 11 heteroatoms. The number of hydrogen-bond donors (Lipinski definition) is 2. The van der Waals surface area contributed by atoms with Gasteiger partial charge in [-0.25, -0.2) is 13.5 Å². The third-order valence-corrected chi connectivity index (χ3v) is 8.93. The molecule has 0 amide bonds. The largest absolute Gasteiger partial charge is 0.489 e. The van der Waals surface area contributed by atoms with Crippen molar-refractivity contribution in [1.82, 2.24) is 14.3 Å². The summed E-state index contributed by atoms with van der Waals surface area (Å²) < 4.78 is 19.7. The number of piperidine rings is 1. The Labute approximate surface area is 228 Å². The molecule has 194 valence electrons. The lowest BCUT2D eigenvalue weighted by Crippen LogP contribution is -2.60. The minimum Gasteiger partial charge on any atom is -0.489 e. The van der Waals surface area contributed by atoms with Gasteiger partial charge < -0.3 is 15.4 Å². The van der Waals surface area contributed by atoms with Crippen LogP contribution in [0.25, 0.3) is 0 Å². The number of pyridine rings is 2. The van der Waals surface area contributed by atoms with Crippen LogP contribution in [0.4, 0.5) is 11.5 Å². The highest BCUT2D eigenvalue weighted by atomic mass is 35.5. The van der Waals surface area contributed by atoms with E-state index in [4.69, 9.17) is 39.1 Å². The van der Waals surface area contributed by atoms with Crippen LogP contribution >= 0.6 is 23.2 Å². The number of ether oxygens (including phenoxy) is 1. The molecule has 0 saturated carbocycles. The van der Waals surface area contributed by atoms with Crippen LogP contribution in [0.5, 0.6) is 5.75 Å². The van der Waals surface area contributed by atoms with Gasteiger partial charge in [-0.3, -0.25) is 10.4 Å². The summed E-state index contributed by atoms with van der Waals surface area (Å²) in [6, 6.07) is 9.07. The summed E-state index contributed by atoms with van der Waals surface area (Å²) in [7, 11) is -0.889. The smallest absolute Gasteiger partial charge is 0.128 e. The lowest BCUT2D eigenvalue weighted by atomic mass is 9.72. The lowest BCUT2D eigenvalue weighted by molar-refractivity contribution is 0.116. The lowest BCUT2D eigenvalue weighted by Gasteiger charge is -2.54. The number of halogens is 2. The third kappa shape index (κ3) is 5.45. The molecule has 5 rings (SSSR count). The van der Waals surface area contributed by atoms with Crippen molar-refractivity contribution in [2.75, 3.05) is 43.1 Å². The minimum absolute atomic E-state index is 0.165. The summed E-state index contributed by atoms with van der Waals surface area (Å²) >= 11 is 12.4. The number of rotatable bonds is 7. The van der Waals surface area contributed by atoms with Crippen LogP contribution in [0.1, 0.15) is 29.5 Å². The van der Waals surface area contributed by atoms with Gasteiger partial charge in [-0.05, 0) is 43.2 Å². The number of anilines is 2. The van der Waals surface area contributed by atoms with Crippen LogP contribution in [0.3, 0.4) is 0 Å². The molecular formula is C26H28Cl2N6O2S. The molecule has 1 spiro atoms. The molecular weight excluding hydrogens is 531 g/mol. The van der Waals surface area contributed by atoms with Crippen LogP contribution in [-0.4, -0.2) is 56.6 Å². The molecule has 0 aliphatic carbocycles. The average molecular weight is 560 g/mol. The number of aromatic nitrogens is 2. The number of nitrogens with one attached hydrogen (secondary N) is 1. The fourth-order valence-corrected chi connectivity index (χ4v) is 6.08. The van der Waals surface area contributed by atoms with Gasteiger partial charge in [-0.2, -0.15) is 0 Å². The van der Waals surface area contributed by atoms with Crippen molar-refractivity contribution in [2.24, 2.45) is 5.41 Å². The van der Waals surface area contributed by atoms with Gasteiger partial charge in [0.05, 0.1) is 26.7 Å². The van der Waals surface area contributed by atoms with Crippen molar-refractivity contribution < 1.29 is 8.95 Å². The van der Waals surface area contributed by atoms with Crippen LogP contribution in [0.2, 0.25) is 10.0 Å². The molecule has 2 saturated heterocycles. The van der Waals surface area contributed by atoms with E-state index in [2.05, 4.69) is 14.9 Å². The highest BCUT2D eigenvalue weighted by Crippen LogP contribution is 2.42. The first-order valence-corrected chi connectivity index (χ1v) is 14.2. The van der Waals surface area contributed by atoms with Crippen molar-refractivity contribution in [3.8, 4) is 5.75 Å². The molecule has 3 N–H and O–H groups in total. The Morgan fingerprint density at radius 1 is 1.14 bits per heavy atom. The van der Waals surface area contributed by atoms with Crippen molar-refractivity contribution in [3.63, 3.8) is 0 Å². The molecule has 2 aromatic heterocycles. The SMILES string of the molecule is CS(=O)N1CCC2(CC1)CN(c1ccc(C(=N)c3cc(OCc4c(Cl)cncc4Cl)ccc3N)cn1)C2. The van der Waals surface area contributed by atoms with Gasteiger partial charge in [0, 0.05) is 78.8 Å². The standard InChI is InChI=1S/C26H28Cl2N6O2S/c1-37(35)34-8-6-26(7-9-34)15-33(16-26)24-5-2-17(11-32-24)25(30)19-10-18(3-4-23(19)29)36-14-20-21(27)12-31-13-22(20)28/h2-5,10-13,30H,6-9,14-16,29H2,1H3. The van der Waals surface area contributed by atoms with Crippen LogP contribution in [0.15, 0.2) is 48.9 Å².